The molecule has 0 aromatic heterocycles. The van der Waals surface area contributed by atoms with Gasteiger partial charge < -0.3 is 5.32 Å². The SMILES string of the molecule is CCC(C)C(C)NCCCCc1ccccc1. The zero-order chi connectivity index (χ0) is 12.5. The molecule has 1 aromatic rings. The fourth-order valence-corrected chi connectivity index (χ4v) is 1.98. The topological polar surface area (TPSA) is 12.0 Å². The number of rotatable bonds is 8. The molecule has 0 spiro atoms. The van der Waals surface area contributed by atoms with Crippen LogP contribution >= 0.6 is 0 Å². The second-order valence-corrected chi connectivity index (χ2v) is 5.07. The quantitative estimate of drug-likeness (QED) is 0.668. The fourth-order valence-electron chi connectivity index (χ4n) is 1.98. The number of unbranched alkanes of at least 4 members (excludes halogenated alkanes) is 1. The molecule has 0 amide bonds. The van der Waals surface area contributed by atoms with Gasteiger partial charge in [0, 0.05) is 6.04 Å². The van der Waals surface area contributed by atoms with Crippen molar-refractivity contribution in [3.63, 3.8) is 0 Å². The molecule has 1 heteroatoms. The van der Waals surface area contributed by atoms with Gasteiger partial charge in [-0.1, -0.05) is 50.6 Å². The van der Waals surface area contributed by atoms with Gasteiger partial charge in [0.2, 0.25) is 0 Å². The van der Waals surface area contributed by atoms with Crippen molar-refractivity contribution in [2.24, 2.45) is 5.92 Å². The van der Waals surface area contributed by atoms with Crippen LogP contribution < -0.4 is 5.32 Å². The number of hydrogen-bond acceptors (Lipinski definition) is 1. The average molecular weight is 233 g/mol. The van der Waals surface area contributed by atoms with Crippen LogP contribution in [0.1, 0.15) is 45.6 Å². The summed E-state index contributed by atoms with van der Waals surface area (Å²) >= 11 is 0. The monoisotopic (exact) mass is 233 g/mol. The minimum absolute atomic E-state index is 0.650. The van der Waals surface area contributed by atoms with E-state index in [9.17, 15) is 0 Å². The first-order chi connectivity index (χ1) is 8.24. The number of benzene rings is 1. The predicted octanol–water partition coefficient (Wildman–Crippen LogP) is 4.03. The van der Waals surface area contributed by atoms with Gasteiger partial charge >= 0.3 is 0 Å². The van der Waals surface area contributed by atoms with Gasteiger partial charge in [0.25, 0.3) is 0 Å². The van der Waals surface area contributed by atoms with E-state index >= 15 is 0 Å². The molecule has 0 aliphatic rings. The molecule has 0 saturated carbocycles. The second kappa shape index (κ2) is 8.30. The van der Waals surface area contributed by atoms with E-state index in [4.69, 9.17) is 0 Å². The molecule has 2 atom stereocenters. The minimum Gasteiger partial charge on any atom is -0.314 e. The van der Waals surface area contributed by atoms with Crippen molar-refractivity contribution >= 4 is 0 Å². The van der Waals surface area contributed by atoms with Gasteiger partial charge in [-0.3, -0.25) is 0 Å². The molecule has 0 aliphatic heterocycles. The fraction of sp³-hybridized carbons (Fsp3) is 0.625. The third-order valence-corrected chi connectivity index (χ3v) is 3.70. The Balaban J connectivity index is 2.05. The van der Waals surface area contributed by atoms with E-state index in [0.29, 0.717) is 6.04 Å². The molecule has 0 radical (unpaired) electrons. The van der Waals surface area contributed by atoms with Crippen LogP contribution in [0.25, 0.3) is 0 Å². The van der Waals surface area contributed by atoms with Gasteiger partial charge in [-0.2, -0.15) is 0 Å². The third-order valence-electron chi connectivity index (χ3n) is 3.70. The first-order valence-electron chi connectivity index (χ1n) is 7.01. The number of aryl methyl sites for hydroxylation is 1. The van der Waals surface area contributed by atoms with Crippen LogP contribution in [0.4, 0.5) is 0 Å². The number of nitrogens with one attached hydrogen (secondary N) is 1. The molecule has 17 heavy (non-hydrogen) atoms. The molecular weight excluding hydrogens is 206 g/mol. The molecule has 0 heterocycles. The van der Waals surface area contributed by atoms with Crippen molar-refractivity contribution in [3.05, 3.63) is 35.9 Å². The molecule has 0 bridgehead atoms. The number of hydrogen-bond donors (Lipinski definition) is 1. The van der Waals surface area contributed by atoms with E-state index in [0.717, 1.165) is 12.5 Å². The lowest BCUT2D eigenvalue weighted by Crippen LogP contribution is -2.32. The van der Waals surface area contributed by atoms with Crippen molar-refractivity contribution in [3.8, 4) is 0 Å². The zero-order valence-corrected chi connectivity index (χ0v) is 11.6. The lowest BCUT2D eigenvalue weighted by molar-refractivity contribution is 0.387. The van der Waals surface area contributed by atoms with Gasteiger partial charge in [0.15, 0.2) is 0 Å². The molecule has 1 N–H and O–H groups in total. The minimum atomic E-state index is 0.650. The first-order valence-corrected chi connectivity index (χ1v) is 7.01. The summed E-state index contributed by atoms with van der Waals surface area (Å²) in [4.78, 5) is 0. The highest BCUT2D eigenvalue weighted by Gasteiger charge is 2.07. The highest BCUT2D eigenvalue weighted by Crippen LogP contribution is 2.07. The van der Waals surface area contributed by atoms with Gasteiger partial charge in [-0.25, -0.2) is 0 Å². The smallest absolute Gasteiger partial charge is 0.00642 e. The van der Waals surface area contributed by atoms with Crippen molar-refractivity contribution in [2.75, 3.05) is 6.54 Å². The largest absolute Gasteiger partial charge is 0.314 e. The molecule has 2 unspecified atom stereocenters. The van der Waals surface area contributed by atoms with E-state index in [1.807, 2.05) is 0 Å². The van der Waals surface area contributed by atoms with Gasteiger partial charge in [0.1, 0.15) is 0 Å². The van der Waals surface area contributed by atoms with E-state index in [1.54, 1.807) is 0 Å². The maximum Gasteiger partial charge on any atom is 0.00642 e. The normalized spacial score (nSPS) is 14.5. The maximum atomic E-state index is 3.62. The van der Waals surface area contributed by atoms with Crippen molar-refractivity contribution in [1.82, 2.24) is 5.32 Å². The van der Waals surface area contributed by atoms with Crippen LogP contribution in [0.3, 0.4) is 0 Å². The Morgan fingerprint density at radius 3 is 2.41 bits per heavy atom. The summed E-state index contributed by atoms with van der Waals surface area (Å²) in [6.07, 6.45) is 5.03. The van der Waals surface area contributed by atoms with E-state index < -0.39 is 0 Å². The summed E-state index contributed by atoms with van der Waals surface area (Å²) in [7, 11) is 0. The highest BCUT2D eigenvalue weighted by molar-refractivity contribution is 5.14. The van der Waals surface area contributed by atoms with E-state index in [-0.39, 0.29) is 0 Å². The van der Waals surface area contributed by atoms with Gasteiger partial charge in [-0.15, -0.1) is 0 Å². The molecule has 1 rings (SSSR count). The van der Waals surface area contributed by atoms with Gasteiger partial charge in [0.05, 0.1) is 0 Å². The Morgan fingerprint density at radius 2 is 1.76 bits per heavy atom. The summed E-state index contributed by atoms with van der Waals surface area (Å²) < 4.78 is 0. The van der Waals surface area contributed by atoms with Crippen molar-refractivity contribution in [1.29, 1.82) is 0 Å². The molecular formula is C16H27N. The Kier molecular flexibility index (Phi) is 6.95. The summed E-state index contributed by atoms with van der Waals surface area (Å²) in [6, 6.07) is 11.4. The van der Waals surface area contributed by atoms with Gasteiger partial charge in [-0.05, 0) is 44.2 Å². The van der Waals surface area contributed by atoms with Crippen molar-refractivity contribution in [2.45, 2.75) is 52.5 Å². The molecule has 0 saturated heterocycles. The van der Waals surface area contributed by atoms with Crippen LogP contribution in [-0.2, 0) is 6.42 Å². The Labute approximate surface area is 107 Å². The molecule has 0 fully saturated rings. The lowest BCUT2D eigenvalue weighted by Gasteiger charge is -2.19. The molecule has 96 valence electrons. The van der Waals surface area contributed by atoms with E-state index in [2.05, 4.69) is 56.4 Å². The summed E-state index contributed by atoms with van der Waals surface area (Å²) in [5.41, 5.74) is 1.46. The summed E-state index contributed by atoms with van der Waals surface area (Å²) in [6.45, 7) is 8.03. The van der Waals surface area contributed by atoms with Crippen LogP contribution in [0, 0.1) is 5.92 Å². The first kappa shape index (κ1) is 14.2. The standard InChI is InChI=1S/C16H27N/c1-4-14(2)15(3)17-13-9-8-12-16-10-6-5-7-11-16/h5-7,10-11,14-15,17H,4,8-9,12-13H2,1-3H3. The molecule has 1 nitrogen and oxygen atoms in total. The lowest BCUT2D eigenvalue weighted by atomic mass is 10.0. The van der Waals surface area contributed by atoms with E-state index in [1.165, 1.54) is 31.2 Å². The molecule has 1 aromatic carbocycles. The Hall–Kier alpha value is -0.820. The van der Waals surface area contributed by atoms with Crippen LogP contribution in [0.5, 0.6) is 0 Å². The molecule has 0 aliphatic carbocycles. The predicted molar refractivity (Wildman–Crippen MR) is 76.3 cm³/mol. The maximum absolute atomic E-state index is 3.62. The summed E-state index contributed by atoms with van der Waals surface area (Å²) in [5.74, 6) is 0.782. The zero-order valence-electron chi connectivity index (χ0n) is 11.6. The third kappa shape index (κ3) is 5.88. The Bertz CT molecular complexity index is 281. The Morgan fingerprint density at radius 1 is 1.06 bits per heavy atom. The second-order valence-electron chi connectivity index (χ2n) is 5.07. The van der Waals surface area contributed by atoms with Crippen molar-refractivity contribution < 1.29 is 0 Å². The highest BCUT2D eigenvalue weighted by atomic mass is 14.9. The van der Waals surface area contributed by atoms with Crippen LogP contribution in [-0.4, -0.2) is 12.6 Å². The average Bonchev–Trinajstić information content (AvgIpc) is 2.38. The summed E-state index contributed by atoms with van der Waals surface area (Å²) in [5, 5.41) is 3.62. The van der Waals surface area contributed by atoms with Crippen LogP contribution in [0.15, 0.2) is 30.3 Å². The van der Waals surface area contributed by atoms with Crippen LogP contribution in [0.2, 0.25) is 0 Å².